The van der Waals surface area contributed by atoms with E-state index in [-0.39, 0.29) is 17.5 Å². The van der Waals surface area contributed by atoms with Crippen LogP contribution < -0.4 is 10.4 Å². The number of allylic oxidation sites excluding steroid dienone is 2. The molecule has 4 rings (SSSR count). The van der Waals surface area contributed by atoms with Crippen LogP contribution in [0.25, 0.3) is 0 Å². The molecule has 116 valence electrons. The van der Waals surface area contributed by atoms with E-state index in [4.69, 9.17) is 0 Å². The Morgan fingerprint density at radius 1 is 1.17 bits per heavy atom. The number of fused-ring (bicyclic) bond motifs is 3. The monoisotopic (exact) mass is 304 g/mol. The van der Waals surface area contributed by atoms with Crippen molar-refractivity contribution in [2.45, 2.75) is 25.3 Å². The van der Waals surface area contributed by atoms with Gasteiger partial charge in [0.25, 0.3) is 0 Å². The number of carboxylic acid groups (broad SMARTS) is 1. The smallest absolute Gasteiger partial charge is 0.0715 e. The fourth-order valence-electron chi connectivity index (χ4n) is 3.83. The Bertz CT molecular complexity index is 792. The van der Waals surface area contributed by atoms with E-state index in [2.05, 4.69) is 48.7 Å². The third kappa shape index (κ3) is 2.33. The summed E-state index contributed by atoms with van der Waals surface area (Å²) in [6.07, 6.45) is 5.43. The topological polar surface area (TPSA) is 52.2 Å². The van der Waals surface area contributed by atoms with Gasteiger partial charge in [-0.1, -0.05) is 48.0 Å². The van der Waals surface area contributed by atoms with Crippen molar-refractivity contribution in [3.05, 3.63) is 76.9 Å². The second kappa shape index (κ2) is 5.27. The van der Waals surface area contributed by atoms with Crippen LogP contribution in [0.5, 0.6) is 0 Å². The lowest BCUT2D eigenvalue weighted by atomic mass is 9.76. The second-order valence-electron chi connectivity index (χ2n) is 6.48. The van der Waals surface area contributed by atoms with Crippen molar-refractivity contribution in [3.8, 4) is 0 Å². The first-order chi connectivity index (χ1) is 11.1. The number of aryl methyl sites for hydroxylation is 1. The third-order valence-electron chi connectivity index (χ3n) is 5.03. The van der Waals surface area contributed by atoms with Crippen LogP contribution in [0.15, 0.2) is 54.6 Å². The molecule has 1 heterocycles. The Hall–Kier alpha value is -2.55. The summed E-state index contributed by atoms with van der Waals surface area (Å²) in [5.74, 6) is -0.439. The normalized spacial score (nSPS) is 24.7. The van der Waals surface area contributed by atoms with E-state index in [1.54, 1.807) is 12.1 Å². The van der Waals surface area contributed by atoms with Gasteiger partial charge in [0.05, 0.1) is 12.0 Å². The van der Waals surface area contributed by atoms with Gasteiger partial charge in [0.2, 0.25) is 0 Å². The molecule has 1 aliphatic carbocycles. The number of carboxylic acids is 1. The number of aromatic carboxylic acids is 1. The lowest BCUT2D eigenvalue weighted by molar-refractivity contribution is -0.255. The summed E-state index contributed by atoms with van der Waals surface area (Å²) < 4.78 is 0. The lowest BCUT2D eigenvalue weighted by Crippen LogP contribution is -2.30. The lowest BCUT2D eigenvalue weighted by Gasteiger charge is -2.38. The van der Waals surface area contributed by atoms with Crippen LogP contribution in [-0.2, 0) is 0 Å². The molecule has 2 aliphatic rings. The zero-order valence-electron chi connectivity index (χ0n) is 13.0. The molecule has 1 N–H and O–H groups in total. The highest BCUT2D eigenvalue weighted by molar-refractivity contribution is 5.87. The van der Waals surface area contributed by atoms with E-state index < -0.39 is 5.97 Å². The fourth-order valence-corrected chi connectivity index (χ4v) is 3.83. The largest absolute Gasteiger partial charge is 0.545 e. The van der Waals surface area contributed by atoms with Crippen molar-refractivity contribution in [1.82, 2.24) is 0 Å². The van der Waals surface area contributed by atoms with Crippen molar-refractivity contribution in [1.29, 1.82) is 0 Å². The average molecular weight is 304 g/mol. The molecule has 0 fully saturated rings. The standard InChI is InChI=1S/C20H19NO2/c1-12-5-7-13(8-6-12)19-16-4-2-3-15(16)17-11-14(20(22)23)9-10-18(17)21-19/h2-3,5-11,15-16,19,21H,4H2,1H3,(H,22,23)/p-1/t15-,16+,19+/m1/s1. The quantitative estimate of drug-likeness (QED) is 0.867. The minimum atomic E-state index is -1.12. The number of carbonyl (C=O) groups excluding carboxylic acids is 1. The third-order valence-corrected chi connectivity index (χ3v) is 5.03. The van der Waals surface area contributed by atoms with Gasteiger partial charge >= 0.3 is 0 Å². The van der Waals surface area contributed by atoms with Gasteiger partial charge in [0.15, 0.2) is 0 Å². The maximum Gasteiger partial charge on any atom is 0.0715 e. The summed E-state index contributed by atoms with van der Waals surface area (Å²) in [6, 6.07) is 14.1. The number of anilines is 1. The van der Waals surface area contributed by atoms with E-state index in [1.165, 1.54) is 11.1 Å². The Balaban J connectivity index is 1.77. The molecule has 0 radical (unpaired) electrons. The minimum Gasteiger partial charge on any atom is -0.545 e. The Kier molecular flexibility index (Phi) is 3.22. The molecule has 2 aromatic rings. The first-order valence-corrected chi connectivity index (χ1v) is 7.98. The molecule has 3 atom stereocenters. The summed E-state index contributed by atoms with van der Waals surface area (Å²) in [7, 11) is 0. The van der Waals surface area contributed by atoms with E-state index in [1.807, 2.05) is 6.07 Å². The molecule has 0 saturated heterocycles. The van der Waals surface area contributed by atoms with Crippen LogP contribution >= 0.6 is 0 Å². The van der Waals surface area contributed by atoms with Crippen molar-refractivity contribution in [2.24, 2.45) is 5.92 Å². The molecule has 0 amide bonds. The van der Waals surface area contributed by atoms with E-state index >= 15 is 0 Å². The zero-order chi connectivity index (χ0) is 16.0. The van der Waals surface area contributed by atoms with Gasteiger partial charge in [-0.25, -0.2) is 0 Å². The number of carbonyl (C=O) groups is 1. The predicted octanol–water partition coefficient (Wildman–Crippen LogP) is 3.19. The summed E-state index contributed by atoms with van der Waals surface area (Å²) in [5.41, 5.74) is 4.87. The number of hydrogen-bond acceptors (Lipinski definition) is 3. The highest BCUT2D eigenvalue weighted by Crippen LogP contribution is 2.49. The van der Waals surface area contributed by atoms with Gasteiger partial charge < -0.3 is 15.2 Å². The molecule has 0 aromatic heterocycles. The van der Waals surface area contributed by atoms with Gasteiger partial charge in [0.1, 0.15) is 0 Å². The van der Waals surface area contributed by atoms with Crippen LogP contribution in [0.1, 0.15) is 45.4 Å². The highest BCUT2D eigenvalue weighted by atomic mass is 16.4. The molecule has 1 aliphatic heterocycles. The Morgan fingerprint density at radius 2 is 1.96 bits per heavy atom. The Labute approximate surface area is 135 Å². The zero-order valence-corrected chi connectivity index (χ0v) is 13.0. The van der Waals surface area contributed by atoms with Crippen LogP contribution in [0, 0.1) is 12.8 Å². The SMILES string of the molecule is Cc1ccc([C@@H]2Nc3ccc(C(=O)[O-])cc3[C@@H]3C=CC[C@@H]32)cc1. The molecular weight excluding hydrogens is 286 g/mol. The fraction of sp³-hybridized carbons (Fsp3) is 0.250. The van der Waals surface area contributed by atoms with Gasteiger partial charge in [0, 0.05) is 11.6 Å². The first kappa shape index (κ1) is 14.1. The van der Waals surface area contributed by atoms with Crippen molar-refractivity contribution in [2.75, 3.05) is 5.32 Å². The van der Waals surface area contributed by atoms with Crippen molar-refractivity contribution >= 4 is 11.7 Å². The van der Waals surface area contributed by atoms with Crippen LogP contribution in [0.2, 0.25) is 0 Å². The van der Waals surface area contributed by atoms with Crippen LogP contribution in [-0.4, -0.2) is 5.97 Å². The maximum absolute atomic E-state index is 11.1. The van der Waals surface area contributed by atoms with Crippen molar-refractivity contribution in [3.63, 3.8) is 0 Å². The van der Waals surface area contributed by atoms with Crippen molar-refractivity contribution < 1.29 is 9.90 Å². The van der Waals surface area contributed by atoms with Gasteiger partial charge in [-0.15, -0.1) is 0 Å². The molecular formula is C20H18NO2-. The number of rotatable bonds is 2. The van der Waals surface area contributed by atoms with E-state index in [0.717, 1.165) is 17.7 Å². The second-order valence-corrected chi connectivity index (χ2v) is 6.48. The summed E-state index contributed by atoms with van der Waals surface area (Å²) >= 11 is 0. The molecule has 3 heteroatoms. The molecule has 0 saturated carbocycles. The number of benzene rings is 2. The Morgan fingerprint density at radius 3 is 2.70 bits per heavy atom. The molecule has 2 aromatic carbocycles. The average Bonchev–Trinajstić information content (AvgIpc) is 3.04. The molecule has 3 nitrogen and oxygen atoms in total. The summed E-state index contributed by atoms with van der Waals surface area (Å²) in [5, 5.41) is 14.8. The molecule has 0 unspecified atom stereocenters. The van der Waals surface area contributed by atoms with Gasteiger partial charge in [-0.05, 0) is 48.1 Å². The predicted molar refractivity (Wildman–Crippen MR) is 88.3 cm³/mol. The van der Waals surface area contributed by atoms with Crippen LogP contribution in [0.4, 0.5) is 5.69 Å². The number of hydrogen-bond donors (Lipinski definition) is 1. The van der Waals surface area contributed by atoms with Crippen LogP contribution in [0.3, 0.4) is 0 Å². The van der Waals surface area contributed by atoms with Gasteiger partial charge in [-0.3, -0.25) is 0 Å². The molecule has 23 heavy (non-hydrogen) atoms. The maximum atomic E-state index is 11.1. The van der Waals surface area contributed by atoms with Gasteiger partial charge in [-0.2, -0.15) is 0 Å². The summed E-state index contributed by atoms with van der Waals surface area (Å²) in [4.78, 5) is 11.1. The molecule has 0 bridgehead atoms. The highest BCUT2D eigenvalue weighted by Gasteiger charge is 2.37. The minimum absolute atomic E-state index is 0.247. The van der Waals surface area contributed by atoms with E-state index in [9.17, 15) is 9.90 Å². The van der Waals surface area contributed by atoms with E-state index in [0.29, 0.717) is 5.92 Å². The number of nitrogens with one attached hydrogen (secondary N) is 1. The first-order valence-electron chi connectivity index (χ1n) is 7.98. The molecule has 0 spiro atoms. The summed E-state index contributed by atoms with van der Waals surface area (Å²) in [6.45, 7) is 2.09.